The van der Waals surface area contributed by atoms with Crippen LogP contribution in [0.5, 0.6) is 0 Å². The quantitative estimate of drug-likeness (QED) is 0.228. The molecule has 0 radical (unpaired) electrons. The Kier molecular flexibility index (Phi) is 2.93. The van der Waals surface area contributed by atoms with Crippen LogP contribution in [0, 0.1) is 0 Å². The van der Waals surface area contributed by atoms with Crippen molar-refractivity contribution < 1.29 is 17.8 Å². The van der Waals surface area contributed by atoms with Crippen molar-refractivity contribution in [1.29, 1.82) is 0 Å². The highest BCUT2D eigenvalue weighted by Crippen LogP contribution is 2.60. The number of benzene rings is 4. The standard InChI is InChI=1S/C36H32N4/c1-35-22-12-13-23-36(35,2)40(32-21-11-8-18-28(32)35)34-37-29(25-14-4-3-5-15-25)24-33(38-34)39-30-19-9-6-16-26(30)27-17-7-10-20-31(27)39/h3-11,14-21,24H,12-13,22-23H2,1-2H3/i3D,4D,5D,6D,7D,9D,10D,14D,15D,16D,17D,19D,20D. The van der Waals surface area contributed by atoms with Gasteiger partial charge < -0.3 is 4.90 Å². The molecule has 2 aliphatic rings. The summed E-state index contributed by atoms with van der Waals surface area (Å²) >= 11 is 0. The molecule has 40 heavy (non-hydrogen) atoms. The van der Waals surface area contributed by atoms with Gasteiger partial charge in [0.25, 0.3) is 0 Å². The molecule has 0 N–H and O–H groups in total. The molecule has 6 aromatic rings. The lowest BCUT2D eigenvalue weighted by Crippen LogP contribution is -2.55. The first kappa shape index (κ1) is 13.8. The van der Waals surface area contributed by atoms with Crippen LogP contribution < -0.4 is 4.90 Å². The molecule has 0 amide bonds. The van der Waals surface area contributed by atoms with Gasteiger partial charge in [-0.2, -0.15) is 4.98 Å². The maximum atomic E-state index is 9.05. The van der Waals surface area contributed by atoms with E-state index in [9.17, 15) is 0 Å². The molecule has 4 nitrogen and oxygen atoms in total. The van der Waals surface area contributed by atoms with E-state index in [-0.39, 0.29) is 50.2 Å². The Morgan fingerprint density at radius 1 is 0.750 bits per heavy atom. The van der Waals surface area contributed by atoms with Gasteiger partial charge in [-0.1, -0.05) is 104 Å². The van der Waals surface area contributed by atoms with E-state index < -0.39 is 84.1 Å². The highest BCUT2D eigenvalue weighted by molar-refractivity contribution is 6.09. The lowest BCUT2D eigenvalue weighted by atomic mass is 9.61. The minimum atomic E-state index is -0.599. The molecule has 2 aromatic heterocycles. The predicted octanol–water partition coefficient (Wildman–Crippen LogP) is 8.98. The topological polar surface area (TPSA) is 34.0 Å². The molecule has 196 valence electrons. The summed E-state index contributed by atoms with van der Waals surface area (Å²) in [6.07, 6.45) is 3.51. The van der Waals surface area contributed by atoms with E-state index in [2.05, 4.69) is 19.9 Å². The first-order valence-electron chi connectivity index (χ1n) is 19.8. The minimum Gasteiger partial charge on any atom is -0.303 e. The van der Waals surface area contributed by atoms with Crippen LogP contribution in [0.15, 0.2) is 109 Å². The second kappa shape index (κ2) is 8.53. The third kappa shape index (κ3) is 3.13. The van der Waals surface area contributed by atoms with Crippen LogP contribution in [0.25, 0.3) is 38.9 Å². The zero-order chi connectivity index (χ0) is 38.2. The normalized spacial score (nSPS) is 26.6. The Balaban J connectivity index is 1.58. The SMILES string of the molecule is [2H]c1c([2H])c([2H])c(-c2cc(-n3c4c([2H])c([2H])c([2H])c([2H])c4c4c([2H])c([2H])c([2H])c([2H])c43)nc(N3c4ccccc4C4(C)CCCCC34C)n2)c([2H])c1[2H]. The third-order valence-corrected chi connectivity index (χ3v) is 8.93. The van der Waals surface area contributed by atoms with Crippen molar-refractivity contribution in [1.82, 2.24) is 14.5 Å². The summed E-state index contributed by atoms with van der Waals surface area (Å²) in [6.45, 7) is 4.32. The smallest absolute Gasteiger partial charge is 0.233 e. The molecular formula is C36H32N4. The maximum Gasteiger partial charge on any atom is 0.233 e. The average Bonchev–Trinajstić information content (AvgIpc) is 3.61. The summed E-state index contributed by atoms with van der Waals surface area (Å²) in [4.78, 5) is 12.0. The molecule has 3 heterocycles. The Hall–Kier alpha value is -4.44. The second-order valence-corrected chi connectivity index (χ2v) is 10.9. The van der Waals surface area contributed by atoms with Gasteiger partial charge in [0.15, 0.2) is 0 Å². The second-order valence-electron chi connectivity index (χ2n) is 10.9. The van der Waals surface area contributed by atoms with Crippen molar-refractivity contribution in [2.24, 2.45) is 0 Å². The molecule has 1 aliphatic heterocycles. The van der Waals surface area contributed by atoms with Crippen molar-refractivity contribution in [2.75, 3.05) is 4.90 Å². The number of aromatic nitrogens is 3. The van der Waals surface area contributed by atoms with Gasteiger partial charge in [-0.3, -0.25) is 4.57 Å². The summed E-state index contributed by atoms with van der Waals surface area (Å²) in [5.41, 5.74) is 0.297. The Morgan fingerprint density at radius 2 is 1.40 bits per heavy atom. The molecular weight excluding hydrogens is 488 g/mol. The van der Waals surface area contributed by atoms with Gasteiger partial charge in [0, 0.05) is 33.5 Å². The zero-order valence-corrected chi connectivity index (χ0v) is 22.0. The average molecular weight is 534 g/mol. The molecule has 0 bridgehead atoms. The van der Waals surface area contributed by atoms with Crippen molar-refractivity contribution in [3.63, 3.8) is 0 Å². The summed E-state index contributed by atoms with van der Waals surface area (Å²) in [5, 5.41) is -0.276. The van der Waals surface area contributed by atoms with E-state index in [1.54, 1.807) is 0 Å². The number of fused-ring (bicyclic) bond motifs is 6. The molecule has 1 saturated carbocycles. The lowest BCUT2D eigenvalue weighted by Gasteiger charge is -2.49. The first-order valence-corrected chi connectivity index (χ1v) is 13.3. The van der Waals surface area contributed by atoms with Crippen LogP contribution in [-0.4, -0.2) is 20.1 Å². The molecule has 0 saturated heterocycles. The molecule has 2 atom stereocenters. The minimum absolute atomic E-state index is 0.0795. The fourth-order valence-corrected chi connectivity index (χ4v) is 6.80. The predicted molar refractivity (Wildman–Crippen MR) is 165 cm³/mol. The number of rotatable bonds is 3. The summed E-state index contributed by atoms with van der Waals surface area (Å²) in [6, 6.07) is 2.02. The first-order chi connectivity index (χ1) is 25.0. The lowest BCUT2D eigenvalue weighted by molar-refractivity contribution is 0.193. The van der Waals surface area contributed by atoms with Crippen molar-refractivity contribution in [2.45, 2.75) is 50.5 Å². The Bertz CT molecular complexity index is 2520. The highest BCUT2D eigenvalue weighted by atomic mass is 15.3. The number of nitrogens with zero attached hydrogens (tertiary/aromatic N) is 4. The van der Waals surface area contributed by atoms with E-state index in [1.165, 1.54) is 10.6 Å². The molecule has 4 aromatic carbocycles. The molecule has 8 rings (SSSR count). The van der Waals surface area contributed by atoms with Gasteiger partial charge in [0.2, 0.25) is 5.95 Å². The monoisotopic (exact) mass is 533 g/mol. The van der Waals surface area contributed by atoms with Gasteiger partial charge >= 0.3 is 0 Å². The van der Waals surface area contributed by atoms with Gasteiger partial charge in [-0.25, -0.2) is 4.98 Å². The highest BCUT2D eigenvalue weighted by Gasteiger charge is 2.58. The van der Waals surface area contributed by atoms with Gasteiger partial charge in [0.05, 0.1) is 40.1 Å². The van der Waals surface area contributed by atoms with Crippen LogP contribution in [0.1, 0.15) is 62.9 Å². The van der Waals surface area contributed by atoms with E-state index in [0.29, 0.717) is 0 Å². The van der Waals surface area contributed by atoms with Crippen LogP contribution in [0.4, 0.5) is 11.6 Å². The van der Waals surface area contributed by atoms with E-state index in [1.807, 2.05) is 23.1 Å². The fourth-order valence-electron chi connectivity index (χ4n) is 6.80. The number of para-hydroxylation sites is 3. The van der Waals surface area contributed by atoms with Gasteiger partial charge in [0.1, 0.15) is 5.82 Å². The molecule has 2 unspecified atom stereocenters. The third-order valence-electron chi connectivity index (χ3n) is 8.93. The Morgan fingerprint density at radius 3 is 2.15 bits per heavy atom. The van der Waals surface area contributed by atoms with Crippen LogP contribution in [0.3, 0.4) is 0 Å². The summed E-state index contributed by atoms with van der Waals surface area (Å²) < 4.78 is 114. The number of hydrogen-bond donors (Lipinski definition) is 0. The van der Waals surface area contributed by atoms with E-state index >= 15 is 0 Å². The van der Waals surface area contributed by atoms with E-state index in [0.717, 1.165) is 36.9 Å². The maximum absolute atomic E-state index is 9.05. The van der Waals surface area contributed by atoms with Crippen molar-refractivity contribution in [3.05, 3.63) is 114 Å². The van der Waals surface area contributed by atoms with Gasteiger partial charge in [-0.15, -0.1) is 0 Å². The van der Waals surface area contributed by atoms with Crippen molar-refractivity contribution >= 4 is 33.4 Å². The fraction of sp³-hybridized carbons (Fsp3) is 0.222. The van der Waals surface area contributed by atoms with Crippen LogP contribution in [-0.2, 0) is 5.41 Å². The summed E-state index contributed by atoms with van der Waals surface area (Å²) in [5.74, 6) is -0.000996. The molecule has 1 fully saturated rings. The molecule has 0 spiro atoms. The number of hydrogen-bond acceptors (Lipinski definition) is 3. The Labute approximate surface area is 253 Å². The molecule has 1 aliphatic carbocycles. The number of anilines is 2. The molecule has 4 heteroatoms. The largest absolute Gasteiger partial charge is 0.303 e. The van der Waals surface area contributed by atoms with Crippen LogP contribution >= 0.6 is 0 Å². The van der Waals surface area contributed by atoms with Gasteiger partial charge in [-0.05, 0) is 43.5 Å². The zero-order valence-electron chi connectivity index (χ0n) is 35.0. The van der Waals surface area contributed by atoms with Crippen LogP contribution in [0.2, 0.25) is 0 Å². The van der Waals surface area contributed by atoms with E-state index in [4.69, 9.17) is 27.8 Å². The summed E-state index contributed by atoms with van der Waals surface area (Å²) in [7, 11) is 0. The van der Waals surface area contributed by atoms with Crippen molar-refractivity contribution in [3.8, 4) is 17.1 Å².